The third kappa shape index (κ3) is 5.62. The molecule has 0 aliphatic heterocycles. The molecule has 1 heterocycles. The monoisotopic (exact) mass is 284 g/mol. The van der Waals surface area contributed by atoms with Gasteiger partial charge in [0.25, 0.3) is 0 Å². The fraction of sp³-hybridized carbons (Fsp3) is 0.333. The van der Waals surface area contributed by atoms with Crippen molar-refractivity contribution in [1.82, 2.24) is 9.71 Å². The van der Waals surface area contributed by atoms with Crippen LogP contribution < -0.4 is 4.72 Å². The zero-order valence-electron chi connectivity index (χ0n) is 10.3. The van der Waals surface area contributed by atoms with Crippen LogP contribution in [0.25, 0.3) is 0 Å². The van der Waals surface area contributed by atoms with Crippen LogP contribution in [0.1, 0.15) is 12.1 Å². The van der Waals surface area contributed by atoms with E-state index < -0.39 is 22.0 Å². The SMILES string of the molecule is C=CCC(NS(=O)(=O)CCc1ccccn1)C(=O)O. The highest BCUT2D eigenvalue weighted by Gasteiger charge is 2.22. The summed E-state index contributed by atoms with van der Waals surface area (Å²) in [5.41, 5.74) is 0.642. The van der Waals surface area contributed by atoms with Gasteiger partial charge in [0.1, 0.15) is 6.04 Å². The number of pyridine rings is 1. The Morgan fingerprint density at radius 1 is 1.53 bits per heavy atom. The number of aryl methyl sites for hydroxylation is 1. The minimum absolute atomic E-state index is 0.0398. The maximum absolute atomic E-state index is 11.8. The van der Waals surface area contributed by atoms with E-state index in [1.54, 1.807) is 24.4 Å². The maximum Gasteiger partial charge on any atom is 0.322 e. The smallest absolute Gasteiger partial charge is 0.322 e. The van der Waals surface area contributed by atoms with Gasteiger partial charge in [-0.3, -0.25) is 9.78 Å². The molecule has 0 fully saturated rings. The summed E-state index contributed by atoms with van der Waals surface area (Å²) < 4.78 is 25.7. The van der Waals surface area contributed by atoms with Gasteiger partial charge in [-0.2, -0.15) is 0 Å². The number of carboxylic acid groups (broad SMARTS) is 1. The normalized spacial score (nSPS) is 12.8. The molecular formula is C12H16N2O4S. The van der Waals surface area contributed by atoms with Crippen LogP contribution in [0.4, 0.5) is 0 Å². The lowest BCUT2D eigenvalue weighted by molar-refractivity contribution is -0.138. The summed E-state index contributed by atoms with van der Waals surface area (Å²) in [4.78, 5) is 14.9. The number of aliphatic carboxylic acids is 1. The lowest BCUT2D eigenvalue weighted by Gasteiger charge is -2.12. The maximum atomic E-state index is 11.8. The molecule has 1 aromatic rings. The highest BCUT2D eigenvalue weighted by Crippen LogP contribution is 2.01. The quantitative estimate of drug-likeness (QED) is 0.680. The Morgan fingerprint density at radius 3 is 2.79 bits per heavy atom. The van der Waals surface area contributed by atoms with Crippen LogP contribution in [0.2, 0.25) is 0 Å². The summed E-state index contributed by atoms with van der Waals surface area (Å²) in [6.45, 7) is 3.40. The Morgan fingerprint density at radius 2 is 2.26 bits per heavy atom. The number of nitrogens with one attached hydrogen (secondary N) is 1. The Hall–Kier alpha value is -1.73. The zero-order valence-corrected chi connectivity index (χ0v) is 11.1. The Balaban J connectivity index is 2.60. The highest BCUT2D eigenvalue weighted by molar-refractivity contribution is 7.89. The van der Waals surface area contributed by atoms with Crippen LogP contribution in [0.15, 0.2) is 37.1 Å². The van der Waals surface area contributed by atoms with Crippen LogP contribution in [0.3, 0.4) is 0 Å². The second-order valence-electron chi connectivity index (χ2n) is 3.92. The van der Waals surface area contributed by atoms with Gasteiger partial charge in [-0.25, -0.2) is 13.1 Å². The fourth-order valence-corrected chi connectivity index (χ4v) is 2.65. The van der Waals surface area contributed by atoms with Gasteiger partial charge < -0.3 is 5.11 Å². The van der Waals surface area contributed by atoms with E-state index in [1.807, 2.05) is 0 Å². The average molecular weight is 284 g/mol. The molecule has 0 saturated heterocycles. The summed E-state index contributed by atoms with van der Waals surface area (Å²) in [7, 11) is -3.66. The molecule has 0 radical (unpaired) electrons. The van der Waals surface area contributed by atoms with Crippen LogP contribution >= 0.6 is 0 Å². The topological polar surface area (TPSA) is 96.4 Å². The standard InChI is InChI=1S/C12H16N2O4S/c1-2-5-11(12(15)16)14-19(17,18)9-7-10-6-3-4-8-13-10/h2-4,6,8,11,14H,1,5,7,9H2,(H,15,16). The fourth-order valence-electron chi connectivity index (χ4n) is 1.43. The van der Waals surface area contributed by atoms with E-state index in [0.717, 1.165) is 0 Å². The van der Waals surface area contributed by atoms with E-state index in [9.17, 15) is 13.2 Å². The molecule has 104 valence electrons. The lowest BCUT2D eigenvalue weighted by atomic mass is 10.2. The second-order valence-corrected chi connectivity index (χ2v) is 5.80. The number of sulfonamides is 1. The summed E-state index contributed by atoms with van der Waals surface area (Å²) in [6, 6.07) is 4.04. The molecule has 0 spiro atoms. The van der Waals surface area contributed by atoms with Crippen LogP contribution in [-0.4, -0.2) is 36.3 Å². The number of rotatable bonds is 8. The van der Waals surface area contributed by atoms with Gasteiger partial charge in [0.05, 0.1) is 5.75 Å². The molecular weight excluding hydrogens is 268 g/mol. The van der Waals surface area contributed by atoms with E-state index in [4.69, 9.17) is 5.11 Å². The van der Waals surface area contributed by atoms with E-state index >= 15 is 0 Å². The van der Waals surface area contributed by atoms with Crippen molar-refractivity contribution >= 4 is 16.0 Å². The minimum atomic E-state index is -3.66. The molecule has 7 heteroatoms. The Labute approximate surface area is 112 Å². The van der Waals surface area contributed by atoms with Crippen molar-refractivity contribution in [1.29, 1.82) is 0 Å². The number of aromatic nitrogens is 1. The first-order chi connectivity index (χ1) is 8.94. The number of hydrogen-bond donors (Lipinski definition) is 2. The van der Waals surface area contributed by atoms with Crippen molar-refractivity contribution in [2.45, 2.75) is 18.9 Å². The number of carbonyl (C=O) groups is 1. The number of nitrogens with zero attached hydrogens (tertiary/aromatic N) is 1. The van der Waals surface area contributed by atoms with E-state index in [1.165, 1.54) is 6.08 Å². The first-order valence-electron chi connectivity index (χ1n) is 5.68. The van der Waals surface area contributed by atoms with Gasteiger partial charge in [0.15, 0.2) is 0 Å². The van der Waals surface area contributed by atoms with Gasteiger partial charge in [-0.05, 0) is 18.6 Å². The van der Waals surface area contributed by atoms with Crippen molar-refractivity contribution in [3.05, 3.63) is 42.7 Å². The van der Waals surface area contributed by atoms with Crippen LogP contribution in [0.5, 0.6) is 0 Å². The lowest BCUT2D eigenvalue weighted by Crippen LogP contribution is -2.41. The Kier molecular flexibility index (Phi) is 5.65. The van der Waals surface area contributed by atoms with Crippen molar-refractivity contribution in [3.63, 3.8) is 0 Å². The average Bonchev–Trinajstić information content (AvgIpc) is 2.37. The van der Waals surface area contributed by atoms with Gasteiger partial charge in [0.2, 0.25) is 10.0 Å². The molecule has 0 bridgehead atoms. The molecule has 1 unspecified atom stereocenters. The molecule has 6 nitrogen and oxygen atoms in total. The van der Waals surface area contributed by atoms with Crippen molar-refractivity contribution in [2.75, 3.05) is 5.75 Å². The number of carboxylic acids is 1. The molecule has 0 aliphatic carbocycles. The zero-order chi connectivity index (χ0) is 14.3. The summed E-state index contributed by atoms with van der Waals surface area (Å²) >= 11 is 0. The Bertz CT molecular complexity index is 528. The van der Waals surface area contributed by atoms with E-state index in [0.29, 0.717) is 5.69 Å². The summed E-state index contributed by atoms with van der Waals surface area (Å²) in [5.74, 6) is -1.42. The molecule has 0 amide bonds. The molecule has 0 aromatic carbocycles. The van der Waals surface area contributed by atoms with Crippen molar-refractivity contribution < 1.29 is 18.3 Å². The molecule has 1 atom stereocenters. The van der Waals surface area contributed by atoms with Crippen molar-refractivity contribution in [2.24, 2.45) is 0 Å². The molecule has 0 saturated carbocycles. The van der Waals surface area contributed by atoms with E-state index in [-0.39, 0.29) is 18.6 Å². The largest absolute Gasteiger partial charge is 0.480 e. The predicted molar refractivity (Wildman–Crippen MR) is 71.1 cm³/mol. The first-order valence-corrected chi connectivity index (χ1v) is 7.33. The molecule has 1 aromatic heterocycles. The van der Waals surface area contributed by atoms with Gasteiger partial charge in [0, 0.05) is 18.3 Å². The second kappa shape index (κ2) is 7.01. The molecule has 1 rings (SSSR count). The first kappa shape index (κ1) is 15.3. The molecule has 19 heavy (non-hydrogen) atoms. The molecule has 0 aliphatic rings. The van der Waals surface area contributed by atoms with Gasteiger partial charge in [-0.15, -0.1) is 6.58 Å². The predicted octanol–water partition coefficient (Wildman–Crippen LogP) is 0.573. The van der Waals surface area contributed by atoms with Crippen LogP contribution in [-0.2, 0) is 21.2 Å². The minimum Gasteiger partial charge on any atom is -0.480 e. The van der Waals surface area contributed by atoms with Crippen molar-refractivity contribution in [3.8, 4) is 0 Å². The molecule has 2 N–H and O–H groups in total. The van der Waals surface area contributed by atoms with Gasteiger partial charge in [-0.1, -0.05) is 12.1 Å². The third-order valence-corrected chi connectivity index (χ3v) is 3.76. The van der Waals surface area contributed by atoms with E-state index in [2.05, 4.69) is 16.3 Å². The number of hydrogen-bond acceptors (Lipinski definition) is 4. The van der Waals surface area contributed by atoms with Crippen LogP contribution in [0, 0.1) is 0 Å². The third-order valence-electron chi connectivity index (χ3n) is 2.38. The van der Waals surface area contributed by atoms with Gasteiger partial charge >= 0.3 is 5.97 Å². The highest BCUT2D eigenvalue weighted by atomic mass is 32.2. The summed E-state index contributed by atoms with van der Waals surface area (Å²) in [5, 5.41) is 8.87. The summed E-state index contributed by atoms with van der Waals surface area (Å²) in [6.07, 6.45) is 3.21.